The Hall–Kier alpha value is -3.34. The maximum Gasteiger partial charge on any atom is 0.277 e. The molecule has 0 unspecified atom stereocenters. The highest BCUT2D eigenvalue weighted by Gasteiger charge is 2.18. The van der Waals surface area contributed by atoms with Gasteiger partial charge in [-0.1, -0.05) is 11.8 Å². The number of halogens is 2. The predicted octanol–water partition coefficient (Wildman–Crippen LogP) is 3.77. The lowest BCUT2D eigenvalue weighted by Crippen LogP contribution is -2.15. The molecule has 2 aromatic carbocycles. The van der Waals surface area contributed by atoms with Crippen molar-refractivity contribution in [3.63, 3.8) is 0 Å². The number of benzene rings is 2. The Balaban J connectivity index is 1.68. The maximum atomic E-state index is 13.6. The van der Waals surface area contributed by atoms with E-state index in [1.807, 2.05) is 0 Å². The molecular formula is C19H17F2N3O5S. The van der Waals surface area contributed by atoms with Gasteiger partial charge in [0.05, 0.1) is 32.8 Å². The molecule has 0 spiro atoms. The maximum absolute atomic E-state index is 13.6. The minimum absolute atomic E-state index is 0.117. The quantitative estimate of drug-likeness (QED) is 0.532. The Morgan fingerprint density at radius 3 is 2.37 bits per heavy atom. The van der Waals surface area contributed by atoms with Crippen LogP contribution < -0.4 is 19.5 Å². The van der Waals surface area contributed by atoms with Crippen molar-refractivity contribution in [2.24, 2.45) is 0 Å². The third-order valence-electron chi connectivity index (χ3n) is 3.85. The molecule has 1 amide bonds. The number of nitrogens with one attached hydrogen (secondary N) is 1. The second kappa shape index (κ2) is 9.44. The Kier molecular flexibility index (Phi) is 6.72. The number of ether oxygens (including phenoxy) is 3. The average molecular weight is 437 g/mol. The van der Waals surface area contributed by atoms with Gasteiger partial charge >= 0.3 is 0 Å². The van der Waals surface area contributed by atoms with E-state index in [2.05, 4.69) is 15.5 Å². The molecule has 0 saturated carbocycles. The Labute approximate surface area is 174 Å². The fourth-order valence-corrected chi connectivity index (χ4v) is 3.06. The molecule has 0 aliphatic heterocycles. The zero-order valence-corrected chi connectivity index (χ0v) is 17.0. The summed E-state index contributed by atoms with van der Waals surface area (Å²) in [6.07, 6.45) is 0. The van der Waals surface area contributed by atoms with Crippen molar-refractivity contribution in [3.05, 3.63) is 42.0 Å². The lowest BCUT2D eigenvalue weighted by Gasteiger charge is -2.12. The molecule has 0 atom stereocenters. The first-order valence-corrected chi connectivity index (χ1v) is 9.45. The van der Waals surface area contributed by atoms with Crippen LogP contribution in [0.1, 0.15) is 0 Å². The molecule has 11 heteroatoms. The molecule has 158 valence electrons. The Morgan fingerprint density at radius 2 is 1.77 bits per heavy atom. The summed E-state index contributed by atoms with van der Waals surface area (Å²) in [7, 11) is 4.46. The number of carbonyl (C=O) groups is 1. The van der Waals surface area contributed by atoms with E-state index in [9.17, 15) is 13.6 Å². The first-order valence-electron chi connectivity index (χ1n) is 8.46. The Bertz CT molecular complexity index is 1040. The number of amides is 1. The number of rotatable bonds is 8. The van der Waals surface area contributed by atoms with E-state index in [1.54, 1.807) is 12.1 Å². The van der Waals surface area contributed by atoms with Crippen LogP contribution in [0.25, 0.3) is 11.5 Å². The first-order chi connectivity index (χ1) is 14.4. The van der Waals surface area contributed by atoms with Gasteiger partial charge in [0.2, 0.25) is 17.5 Å². The summed E-state index contributed by atoms with van der Waals surface area (Å²) in [5, 5.41) is 10.3. The van der Waals surface area contributed by atoms with E-state index < -0.39 is 17.5 Å². The zero-order valence-electron chi connectivity index (χ0n) is 16.2. The summed E-state index contributed by atoms with van der Waals surface area (Å²) in [6, 6.07) is 6.17. The van der Waals surface area contributed by atoms with Gasteiger partial charge in [-0.05, 0) is 24.3 Å². The molecule has 0 fully saturated rings. The van der Waals surface area contributed by atoms with Crippen LogP contribution in [0.15, 0.2) is 40.0 Å². The highest BCUT2D eigenvalue weighted by molar-refractivity contribution is 7.99. The molecule has 0 aliphatic rings. The molecule has 8 nitrogen and oxygen atoms in total. The molecule has 1 aromatic heterocycles. The van der Waals surface area contributed by atoms with Gasteiger partial charge in [0.1, 0.15) is 11.6 Å². The molecule has 1 N–H and O–H groups in total. The third kappa shape index (κ3) is 4.79. The number of hydrogen-bond acceptors (Lipinski definition) is 8. The lowest BCUT2D eigenvalue weighted by atomic mass is 10.2. The van der Waals surface area contributed by atoms with Crippen molar-refractivity contribution in [1.82, 2.24) is 10.2 Å². The normalized spacial score (nSPS) is 10.6. The van der Waals surface area contributed by atoms with Crippen molar-refractivity contribution in [2.45, 2.75) is 5.22 Å². The lowest BCUT2D eigenvalue weighted by molar-refractivity contribution is -0.113. The van der Waals surface area contributed by atoms with Crippen LogP contribution in [0.3, 0.4) is 0 Å². The van der Waals surface area contributed by atoms with Gasteiger partial charge in [0.25, 0.3) is 5.22 Å². The second-order valence-corrected chi connectivity index (χ2v) is 6.67. The highest BCUT2D eigenvalue weighted by Crippen LogP contribution is 2.41. The van der Waals surface area contributed by atoms with Crippen molar-refractivity contribution in [3.8, 4) is 28.7 Å². The average Bonchev–Trinajstić information content (AvgIpc) is 3.22. The van der Waals surface area contributed by atoms with E-state index in [4.69, 9.17) is 18.6 Å². The second-order valence-electron chi connectivity index (χ2n) is 5.75. The molecule has 0 saturated heterocycles. The monoisotopic (exact) mass is 437 g/mol. The van der Waals surface area contributed by atoms with Crippen LogP contribution in [0.4, 0.5) is 14.5 Å². The minimum atomic E-state index is -0.865. The molecular weight excluding hydrogens is 420 g/mol. The summed E-state index contributed by atoms with van der Waals surface area (Å²) in [6.45, 7) is 0. The van der Waals surface area contributed by atoms with Crippen LogP contribution in [-0.2, 0) is 4.79 Å². The number of thioether (sulfide) groups is 1. The van der Waals surface area contributed by atoms with Crippen LogP contribution in [0.5, 0.6) is 17.2 Å². The number of aromatic nitrogens is 2. The standard InChI is InChI=1S/C19H17F2N3O5S/c1-26-14-6-10(7-15(27-2)17(14)28-3)18-23-24-19(29-18)30-9-16(25)22-13-5-4-11(20)8-12(13)21/h4-8H,9H2,1-3H3,(H,22,25). The van der Waals surface area contributed by atoms with Gasteiger partial charge in [-0.25, -0.2) is 8.78 Å². The number of nitrogens with zero attached hydrogens (tertiary/aromatic N) is 2. The van der Waals surface area contributed by atoms with Gasteiger partial charge < -0.3 is 23.9 Å². The van der Waals surface area contributed by atoms with Gasteiger partial charge in [-0.3, -0.25) is 4.79 Å². The van der Waals surface area contributed by atoms with E-state index in [1.165, 1.54) is 21.3 Å². The first kappa shape index (κ1) is 21.4. The molecule has 1 heterocycles. The van der Waals surface area contributed by atoms with Crippen molar-refractivity contribution >= 4 is 23.4 Å². The van der Waals surface area contributed by atoms with Crippen molar-refractivity contribution in [2.75, 3.05) is 32.4 Å². The van der Waals surface area contributed by atoms with Crippen LogP contribution in [-0.4, -0.2) is 43.2 Å². The van der Waals surface area contributed by atoms with E-state index in [0.717, 1.165) is 23.9 Å². The number of hydrogen-bond donors (Lipinski definition) is 1. The zero-order chi connectivity index (χ0) is 21.7. The molecule has 0 bridgehead atoms. The van der Waals surface area contributed by atoms with E-state index in [-0.39, 0.29) is 22.6 Å². The molecule has 30 heavy (non-hydrogen) atoms. The minimum Gasteiger partial charge on any atom is -0.493 e. The molecule has 0 radical (unpaired) electrons. The van der Waals surface area contributed by atoms with Crippen molar-refractivity contribution in [1.29, 1.82) is 0 Å². The number of methoxy groups -OCH3 is 3. The van der Waals surface area contributed by atoms with Gasteiger partial charge in [0, 0.05) is 11.6 Å². The van der Waals surface area contributed by atoms with Crippen molar-refractivity contribution < 1.29 is 32.2 Å². The smallest absolute Gasteiger partial charge is 0.277 e. The number of anilines is 1. The molecule has 0 aliphatic carbocycles. The topological polar surface area (TPSA) is 95.7 Å². The van der Waals surface area contributed by atoms with E-state index in [0.29, 0.717) is 28.9 Å². The van der Waals surface area contributed by atoms with E-state index >= 15 is 0 Å². The SMILES string of the molecule is COc1cc(-c2nnc(SCC(=O)Nc3ccc(F)cc3F)o2)cc(OC)c1OC. The number of carbonyl (C=O) groups excluding carboxylic acids is 1. The van der Waals surface area contributed by atoms with Gasteiger partial charge in [-0.2, -0.15) is 0 Å². The molecule has 3 aromatic rings. The largest absolute Gasteiger partial charge is 0.493 e. The summed E-state index contributed by atoms with van der Waals surface area (Å²) in [5.74, 6) is -0.795. The van der Waals surface area contributed by atoms with Gasteiger partial charge in [-0.15, -0.1) is 10.2 Å². The summed E-state index contributed by atoms with van der Waals surface area (Å²) >= 11 is 0.964. The third-order valence-corrected chi connectivity index (χ3v) is 4.67. The Morgan fingerprint density at radius 1 is 1.07 bits per heavy atom. The fourth-order valence-electron chi connectivity index (χ4n) is 2.49. The van der Waals surface area contributed by atoms with Crippen LogP contribution in [0, 0.1) is 11.6 Å². The summed E-state index contributed by atoms with van der Waals surface area (Å²) in [4.78, 5) is 12.0. The van der Waals surface area contributed by atoms with Gasteiger partial charge in [0.15, 0.2) is 11.5 Å². The highest BCUT2D eigenvalue weighted by atomic mass is 32.2. The van der Waals surface area contributed by atoms with Crippen LogP contribution >= 0.6 is 11.8 Å². The fraction of sp³-hybridized carbons (Fsp3) is 0.211. The summed E-state index contributed by atoms with van der Waals surface area (Å²) < 4.78 is 48.0. The predicted molar refractivity (Wildman–Crippen MR) is 105 cm³/mol. The van der Waals surface area contributed by atoms with Crippen LogP contribution in [0.2, 0.25) is 0 Å². The molecule has 3 rings (SSSR count). The summed E-state index contributed by atoms with van der Waals surface area (Å²) in [5.41, 5.74) is 0.410.